The molecular formula is C15H14BrFN3OS. The zero-order chi connectivity index (χ0) is 15.0. The number of hydrogen-bond acceptors (Lipinski definition) is 4. The van der Waals surface area contributed by atoms with Gasteiger partial charge in [-0.1, -0.05) is 11.8 Å². The fraction of sp³-hybridized carbons (Fsp3) is 0.133. The van der Waals surface area contributed by atoms with Gasteiger partial charge >= 0.3 is 0 Å². The third-order valence-corrected chi connectivity index (χ3v) is 4.30. The van der Waals surface area contributed by atoms with Crippen LogP contribution in [-0.4, -0.2) is 10.8 Å². The topological polar surface area (TPSA) is 83.2 Å². The summed E-state index contributed by atoms with van der Waals surface area (Å²) in [4.78, 5) is 12.1. The quantitative estimate of drug-likeness (QED) is 0.630. The van der Waals surface area contributed by atoms with Gasteiger partial charge in [0.25, 0.3) is 0 Å². The Hall–Kier alpha value is -1.57. The summed E-state index contributed by atoms with van der Waals surface area (Å²) in [6.07, 6.45) is 0.0396. The monoisotopic (exact) mass is 382 g/mol. The van der Waals surface area contributed by atoms with Crippen LogP contribution >= 0.6 is 28.7 Å². The predicted molar refractivity (Wildman–Crippen MR) is 91.1 cm³/mol. The summed E-state index contributed by atoms with van der Waals surface area (Å²) in [7, 11) is 0. The van der Waals surface area contributed by atoms with Crippen molar-refractivity contribution in [3.05, 3.63) is 53.8 Å². The van der Waals surface area contributed by atoms with E-state index in [9.17, 15) is 9.18 Å². The Morgan fingerprint density at radius 2 is 1.91 bits per heavy atom. The number of hydrogen-bond donors (Lipinski definition) is 2. The van der Waals surface area contributed by atoms with Crippen molar-refractivity contribution in [2.75, 3.05) is 5.73 Å². The van der Waals surface area contributed by atoms with Gasteiger partial charge < -0.3 is 5.73 Å². The van der Waals surface area contributed by atoms with E-state index in [1.165, 1.54) is 36.0 Å². The van der Waals surface area contributed by atoms with Crippen molar-refractivity contribution in [2.45, 2.75) is 16.3 Å². The second-order valence-electron chi connectivity index (χ2n) is 4.89. The third kappa shape index (κ3) is 3.43. The zero-order valence-electron chi connectivity index (χ0n) is 11.5. The molecule has 22 heavy (non-hydrogen) atoms. The zero-order valence-corrected chi connectivity index (χ0v) is 14.0. The summed E-state index contributed by atoms with van der Waals surface area (Å²) in [5.74, 6) is -0.550. The average Bonchev–Trinajstić information content (AvgIpc) is 2.74. The Labute approximate surface area is 142 Å². The van der Waals surface area contributed by atoms with Crippen LogP contribution in [0.25, 0.3) is 0 Å². The van der Waals surface area contributed by atoms with Crippen LogP contribution in [0, 0.1) is 5.82 Å². The van der Waals surface area contributed by atoms with Crippen LogP contribution in [0.5, 0.6) is 0 Å². The number of rotatable bonds is 3. The van der Waals surface area contributed by atoms with E-state index < -0.39 is 4.99 Å². The lowest BCUT2D eigenvalue weighted by atomic mass is 10.1. The van der Waals surface area contributed by atoms with Gasteiger partial charge in [-0.15, -0.1) is 17.0 Å². The lowest BCUT2D eigenvalue weighted by Gasteiger charge is -2.20. The highest BCUT2D eigenvalue weighted by molar-refractivity contribution is 8.93. The van der Waals surface area contributed by atoms with E-state index in [1.54, 1.807) is 18.2 Å². The number of benzene rings is 2. The van der Waals surface area contributed by atoms with Crippen LogP contribution in [-0.2, 0) is 0 Å². The van der Waals surface area contributed by atoms with Gasteiger partial charge in [0.15, 0.2) is 10.8 Å². The number of nitrogens with two attached hydrogens (primary N) is 2. The van der Waals surface area contributed by atoms with Crippen molar-refractivity contribution >= 4 is 45.9 Å². The predicted octanol–water partition coefficient (Wildman–Crippen LogP) is 3.21. The number of anilines is 1. The first-order chi connectivity index (χ1) is 9.95. The van der Waals surface area contributed by atoms with Crippen LogP contribution in [0.15, 0.2) is 47.4 Å². The lowest BCUT2D eigenvalue weighted by molar-refractivity contribution is 0.0966. The maximum atomic E-state index is 12.9. The molecule has 2 aromatic rings. The Morgan fingerprint density at radius 1 is 1.23 bits per heavy atom. The Morgan fingerprint density at radius 3 is 2.59 bits per heavy atom. The minimum Gasteiger partial charge on any atom is -0.399 e. The van der Waals surface area contributed by atoms with Crippen LogP contribution in [0.4, 0.5) is 15.8 Å². The fourth-order valence-electron chi connectivity index (χ4n) is 2.17. The standard InChI is InChI=1S/C15H13FN3OS.BrH/c16-10-3-1-9(2-4-10)13(20)8-15(18)19-12-6-5-11(17)7-14(12)21-15;/h1-7H,8,17-18H2;1H. The highest BCUT2D eigenvalue weighted by atomic mass is 79.9. The van der Waals surface area contributed by atoms with E-state index in [4.69, 9.17) is 11.5 Å². The van der Waals surface area contributed by atoms with Crippen molar-refractivity contribution in [3.8, 4) is 0 Å². The summed E-state index contributed by atoms with van der Waals surface area (Å²) in [5.41, 5.74) is 13.7. The molecule has 0 amide bonds. The van der Waals surface area contributed by atoms with Crippen LogP contribution < -0.4 is 16.8 Å². The second-order valence-corrected chi connectivity index (χ2v) is 6.24. The number of nitrogens with zero attached hydrogens (tertiary/aromatic N) is 1. The molecule has 2 aromatic carbocycles. The lowest BCUT2D eigenvalue weighted by Crippen LogP contribution is -2.42. The molecule has 0 aliphatic carbocycles. The van der Waals surface area contributed by atoms with Crippen molar-refractivity contribution in [3.63, 3.8) is 0 Å². The van der Waals surface area contributed by atoms with Crippen molar-refractivity contribution in [1.29, 1.82) is 0 Å². The fourth-order valence-corrected chi connectivity index (χ4v) is 3.31. The van der Waals surface area contributed by atoms with Gasteiger partial charge in [-0.3, -0.25) is 15.8 Å². The number of Topliss-reactive ketones (excluding diaryl/α,β-unsaturated/α-hetero) is 1. The number of carbonyl (C=O) groups is 1. The molecule has 0 aromatic heterocycles. The van der Waals surface area contributed by atoms with E-state index >= 15 is 0 Å². The Bertz CT molecular complexity index is 710. The number of thioether (sulfide) groups is 1. The molecule has 0 spiro atoms. The van der Waals surface area contributed by atoms with Gasteiger partial charge in [0.1, 0.15) is 5.82 Å². The van der Waals surface area contributed by atoms with Crippen molar-refractivity contribution < 1.29 is 9.18 Å². The van der Waals surface area contributed by atoms with E-state index in [2.05, 4.69) is 5.32 Å². The van der Waals surface area contributed by atoms with Crippen LogP contribution in [0.1, 0.15) is 16.8 Å². The largest absolute Gasteiger partial charge is 0.399 e. The van der Waals surface area contributed by atoms with Gasteiger partial charge in [0, 0.05) is 16.1 Å². The highest BCUT2D eigenvalue weighted by Crippen LogP contribution is 2.45. The molecule has 0 bridgehead atoms. The first-order valence-electron chi connectivity index (χ1n) is 6.34. The molecule has 0 saturated carbocycles. The number of carbonyl (C=O) groups excluding carboxylic acids is 1. The summed E-state index contributed by atoms with van der Waals surface area (Å²) >= 11 is 1.31. The third-order valence-electron chi connectivity index (χ3n) is 3.16. The first kappa shape index (κ1) is 16.8. The molecule has 1 unspecified atom stereocenters. The molecule has 0 fully saturated rings. The van der Waals surface area contributed by atoms with Crippen molar-refractivity contribution in [2.24, 2.45) is 5.73 Å². The summed E-state index contributed by atoms with van der Waals surface area (Å²) in [6.45, 7) is 0. The number of fused-ring (bicyclic) bond motifs is 1. The van der Waals surface area contributed by atoms with Gasteiger partial charge in [-0.2, -0.15) is 0 Å². The van der Waals surface area contributed by atoms with Crippen LogP contribution in [0.2, 0.25) is 0 Å². The van der Waals surface area contributed by atoms with Gasteiger partial charge in [0.2, 0.25) is 0 Å². The molecule has 1 aliphatic heterocycles. The van der Waals surface area contributed by atoms with Gasteiger partial charge in [0.05, 0.1) is 12.1 Å². The molecule has 3 rings (SSSR count). The molecule has 1 atom stereocenters. The number of nitrogen functional groups attached to an aromatic ring is 1. The normalized spacial score (nSPS) is 19.0. The van der Waals surface area contributed by atoms with E-state index in [0.29, 0.717) is 11.3 Å². The minimum absolute atomic E-state index is 0. The first-order valence-corrected chi connectivity index (χ1v) is 7.16. The summed E-state index contributed by atoms with van der Waals surface area (Å²) in [5, 5.41) is 4.40. The van der Waals surface area contributed by atoms with Gasteiger partial charge in [-0.25, -0.2) is 4.39 Å². The molecule has 0 saturated heterocycles. The number of halogens is 2. The Kier molecular flexibility index (Phi) is 4.79. The van der Waals surface area contributed by atoms with Crippen LogP contribution in [0.3, 0.4) is 0 Å². The van der Waals surface area contributed by atoms with E-state index in [0.717, 1.165) is 10.6 Å². The molecule has 7 heteroatoms. The molecule has 1 radical (unpaired) electrons. The molecule has 4 N–H and O–H groups in total. The summed E-state index contributed by atoms with van der Waals surface area (Å²) in [6, 6.07) is 10.7. The molecule has 115 valence electrons. The minimum atomic E-state index is -1.04. The second kappa shape index (κ2) is 6.28. The maximum Gasteiger partial charge on any atom is 0.167 e. The highest BCUT2D eigenvalue weighted by Gasteiger charge is 2.38. The molecular weight excluding hydrogens is 369 g/mol. The van der Waals surface area contributed by atoms with Gasteiger partial charge in [-0.05, 0) is 42.5 Å². The van der Waals surface area contributed by atoms with Crippen molar-refractivity contribution in [1.82, 2.24) is 5.32 Å². The molecule has 1 heterocycles. The van der Waals surface area contributed by atoms with E-state index in [1.807, 2.05) is 0 Å². The molecule has 1 aliphatic rings. The molecule has 4 nitrogen and oxygen atoms in total. The maximum absolute atomic E-state index is 12.9. The average molecular weight is 383 g/mol. The van der Waals surface area contributed by atoms with E-state index in [-0.39, 0.29) is 35.0 Å². The Balaban J connectivity index is 0.00000176. The smallest absolute Gasteiger partial charge is 0.167 e. The number of ketones is 1. The SMILES string of the molecule is Br.Nc1ccc2c(c1)SC(N)(CC(=O)c1ccc(F)cc1)[N]2. The summed E-state index contributed by atoms with van der Waals surface area (Å²) < 4.78 is 12.9.